The highest BCUT2D eigenvalue weighted by Gasteiger charge is 2.04. The molecule has 25 heavy (non-hydrogen) atoms. The average molecular weight is 359 g/mol. The Hall–Kier alpha value is -2.34. The fraction of sp³-hybridized carbons (Fsp3) is 0.368. The molecular formula is C19H26N4OS. The SMILES string of the molecule is CCCCNC(=O)c1ccc(CN=C(N)NCCc2cccs2)cc1. The molecule has 0 radical (unpaired) electrons. The van der Waals surface area contributed by atoms with Gasteiger partial charge in [0, 0.05) is 23.5 Å². The molecule has 0 aliphatic rings. The molecule has 6 heteroatoms. The third-order valence-corrected chi connectivity index (χ3v) is 4.66. The van der Waals surface area contributed by atoms with E-state index < -0.39 is 0 Å². The third-order valence-electron chi connectivity index (χ3n) is 3.72. The van der Waals surface area contributed by atoms with Crippen LogP contribution in [0, 0.1) is 0 Å². The summed E-state index contributed by atoms with van der Waals surface area (Å²) >= 11 is 1.74. The van der Waals surface area contributed by atoms with Crippen molar-refractivity contribution in [2.24, 2.45) is 10.7 Å². The lowest BCUT2D eigenvalue weighted by atomic mass is 10.1. The van der Waals surface area contributed by atoms with Gasteiger partial charge in [-0.2, -0.15) is 0 Å². The number of aliphatic imine (C=N–C) groups is 1. The summed E-state index contributed by atoms with van der Waals surface area (Å²) in [5.41, 5.74) is 7.58. The molecule has 4 N–H and O–H groups in total. The minimum atomic E-state index is -0.0294. The van der Waals surface area contributed by atoms with Gasteiger partial charge in [0.15, 0.2) is 5.96 Å². The van der Waals surface area contributed by atoms with Crippen molar-refractivity contribution in [3.05, 3.63) is 57.8 Å². The number of thiophene rings is 1. The van der Waals surface area contributed by atoms with Crippen LogP contribution in [0.5, 0.6) is 0 Å². The number of nitrogens with two attached hydrogens (primary N) is 1. The minimum absolute atomic E-state index is 0.0294. The average Bonchev–Trinajstić information content (AvgIpc) is 3.14. The fourth-order valence-corrected chi connectivity index (χ4v) is 2.95. The van der Waals surface area contributed by atoms with Crippen LogP contribution in [0.25, 0.3) is 0 Å². The Morgan fingerprint density at radius 2 is 1.96 bits per heavy atom. The zero-order chi connectivity index (χ0) is 17.9. The lowest BCUT2D eigenvalue weighted by Crippen LogP contribution is -2.33. The Balaban J connectivity index is 1.74. The van der Waals surface area contributed by atoms with Gasteiger partial charge in [-0.25, -0.2) is 4.99 Å². The molecule has 0 unspecified atom stereocenters. The summed E-state index contributed by atoms with van der Waals surface area (Å²) in [6.07, 6.45) is 3.01. The summed E-state index contributed by atoms with van der Waals surface area (Å²) < 4.78 is 0. The molecule has 0 bridgehead atoms. The van der Waals surface area contributed by atoms with Gasteiger partial charge in [0.05, 0.1) is 6.54 Å². The van der Waals surface area contributed by atoms with Crippen LogP contribution in [0.1, 0.15) is 40.6 Å². The van der Waals surface area contributed by atoms with Gasteiger partial charge < -0.3 is 16.4 Å². The molecule has 0 spiro atoms. The van der Waals surface area contributed by atoms with Crippen LogP contribution in [0.3, 0.4) is 0 Å². The highest BCUT2D eigenvalue weighted by atomic mass is 32.1. The standard InChI is InChI=1S/C19H26N4OS/c1-2-3-11-21-18(24)16-8-6-15(7-9-16)14-23-19(20)22-12-10-17-5-4-13-25-17/h4-9,13H,2-3,10-12,14H2,1H3,(H,21,24)(H3,20,22,23). The van der Waals surface area contributed by atoms with Crippen molar-refractivity contribution >= 4 is 23.2 Å². The van der Waals surface area contributed by atoms with Gasteiger partial charge in [-0.3, -0.25) is 4.79 Å². The first-order chi connectivity index (χ1) is 12.2. The number of rotatable bonds is 9. The molecule has 0 saturated carbocycles. The molecule has 0 fully saturated rings. The normalized spacial score (nSPS) is 11.3. The molecule has 2 rings (SSSR count). The Bertz CT molecular complexity index is 665. The zero-order valence-electron chi connectivity index (χ0n) is 14.6. The summed E-state index contributed by atoms with van der Waals surface area (Å²) in [5, 5.41) is 8.10. The van der Waals surface area contributed by atoms with Crippen molar-refractivity contribution in [3.63, 3.8) is 0 Å². The summed E-state index contributed by atoms with van der Waals surface area (Å²) in [4.78, 5) is 17.6. The number of nitrogens with zero attached hydrogens (tertiary/aromatic N) is 1. The molecule has 1 amide bonds. The van der Waals surface area contributed by atoms with E-state index in [1.807, 2.05) is 30.3 Å². The van der Waals surface area contributed by atoms with Crippen LogP contribution in [0.2, 0.25) is 0 Å². The predicted molar refractivity (Wildman–Crippen MR) is 105 cm³/mol. The van der Waals surface area contributed by atoms with Gasteiger partial charge in [-0.1, -0.05) is 31.5 Å². The van der Waals surface area contributed by atoms with E-state index >= 15 is 0 Å². The molecular weight excluding hydrogens is 332 g/mol. The molecule has 0 saturated heterocycles. The van der Waals surface area contributed by atoms with E-state index in [0.717, 1.165) is 37.9 Å². The fourth-order valence-electron chi connectivity index (χ4n) is 2.24. The Morgan fingerprint density at radius 1 is 1.16 bits per heavy atom. The van der Waals surface area contributed by atoms with E-state index in [1.54, 1.807) is 11.3 Å². The van der Waals surface area contributed by atoms with Crippen molar-refractivity contribution in [1.29, 1.82) is 0 Å². The number of amides is 1. The molecule has 0 atom stereocenters. The Morgan fingerprint density at radius 3 is 2.64 bits per heavy atom. The third kappa shape index (κ3) is 6.97. The topological polar surface area (TPSA) is 79.5 Å². The van der Waals surface area contributed by atoms with Crippen LogP contribution in [-0.2, 0) is 13.0 Å². The number of carbonyl (C=O) groups excluding carboxylic acids is 1. The minimum Gasteiger partial charge on any atom is -0.370 e. The maximum Gasteiger partial charge on any atom is 0.251 e. The lowest BCUT2D eigenvalue weighted by Gasteiger charge is -2.06. The molecule has 0 aliphatic heterocycles. The van der Waals surface area contributed by atoms with Crippen molar-refractivity contribution < 1.29 is 4.79 Å². The monoisotopic (exact) mass is 358 g/mol. The molecule has 5 nitrogen and oxygen atoms in total. The first-order valence-electron chi connectivity index (χ1n) is 8.62. The number of hydrogen-bond acceptors (Lipinski definition) is 3. The van der Waals surface area contributed by atoms with Gasteiger partial charge in [0.2, 0.25) is 0 Å². The largest absolute Gasteiger partial charge is 0.370 e. The summed E-state index contributed by atoms with van der Waals surface area (Å²) in [6.45, 7) is 4.08. The molecule has 1 aromatic carbocycles. The second-order valence-electron chi connectivity index (χ2n) is 5.76. The number of hydrogen-bond donors (Lipinski definition) is 3. The van der Waals surface area contributed by atoms with E-state index in [2.05, 4.69) is 34.0 Å². The predicted octanol–water partition coefficient (Wildman–Crippen LogP) is 2.93. The first-order valence-corrected chi connectivity index (χ1v) is 9.50. The van der Waals surface area contributed by atoms with Crippen molar-refractivity contribution in [2.45, 2.75) is 32.7 Å². The molecule has 0 aliphatic carbocycles. The van der Waals surface area contributed by atoms with E-state index in [4.69, 9.17) is 5.73 Å². The summed E-state index contributed by atoms with van der Waals surface area (Å²) in [7, 11) is 0. The molecule has 134 valence electrons. The van der Waals surface area contributed by atoms with Gasteiger partial charge in [-0.15, -0.1) is 11.3 Å². The maximum absolute atomic E-state index is 11.9. The number of nitrogens with one attached hydrogen (secondary N) is 2. The van der Waals surface area contributed by atoms with Gasteiger partial charge in [-0.05, 0) is 42.0 Å². The maximum atomic E-state index is 11.9. The highest BCUT2D eigenvalue weighted by Crippen LogP contribution is 2.08. The van der Waals surface area contributed by atoms with E-state index in [1.165, 1.54) is 4.88 Å². The van der Waals surface area contributed by atoms with Gasteiger partial charge in [0.25, 0.3) is 5.91 Å². The van der Waals surface area contributed by atoms with Gasteiger partial charge >= 0.3 is 0 Å². The van der Waals surface area contributed by atoms with Crippen LogP contribution in [-0.4, -0.2) is 25.0 Å². The number of benzene rings is 1. The van der Waals surface area contributed by atoms with Crippen molar-refractivity contribution in [1.82, 2.24) is 10.6 Å². The van der Waals surface area contributed by atoms with E-state index in [0.29, 0.717) is 18.1 Å². The first kappa shape index (κ1) is 19.0. The smallest absolute Gasteiger partial charge is 0.251 e. The second kappa shape index (κ2) is 10.5. The van der Waals surface area contributed by atoms with Crippen LogP contribution < -0.4 is 16.4 Å². The van der Waals surface area contributed by atoms with E-state index in [-0.39, 0.29) is 5.91 Å². The molecule has 1 heterocycles. The Kier molecular flexibility index (Phi) is 7.98. The number of carbonyl (C=O) groups is 1. The van der Waals surface area contributed by atoms with Crippen molar-refractivity contribution in [2.75, 3.05) is 13.1 Å². The zero-order valence-corrected chi connectivity index (χ0v) is 15.4. The lowest BCUT2D eigenvalue weighted by molar-refractivity contribution is 0.0953. The quantitative estimate of drug-likeness (QED) is 0.366. The summed E-state index contributed by atoms with van der Waals surface area (Å²) in [5.74, 6) is 0.413. The highest BCUT2D eigenvalue weighted by molar-refractivity contribution is 7.09. The molecule has 2 aromatic rings. The number of unbranched alkanes of at least 4 members (excludes halogenated alkanes) is 1. The Labute approximate surface area is 153 Å². The second-order valence-corrected chi connectivity index (χ2v) is 6.80. The van der Waals surface area contributed by atoms with Crippen LogP contribution in [0.15, 0.2) is 46.8 Å². The number of guanidine groups is 1. The molecule has 1 aromatic heterocycles. The van der Waals surface area contributed by atoms with E-state index in [9.17, 15) is 4.79 Å². The van der Waals surface area contributed by atoms with Crippen LogP contribution >= 0.6 is 11.3 Å². The summed E-state index contributed by atoms with van der Waals surface area (Å²) in [6, 6.07) is 11.6. The van der Waals surface area contributed by atoms with Crippen LogP contribution in [0.4, 0.5) is 0 Å². The van der Waals surface area contributed by atoms with Gasteiger partial charge in [0.1, 0.15) is 0 Å². The van der Waals surface area contributed by atoms with Crippen molar-refractivity contribution in [3.8, 4) is 0 Å².